The van der Waals surface area contributed by atoms with Crippen LogP contribution in [0.1, 0.15) is 5.56 Å². The van der Waals surface area contributed by atoms with Gasteiger partial charge in [0.25, 0.3) is 0 Å². The maximum Gasteiger partial charge on any atom is 0.0746 e. The minimum Gasteiger partial charge on any atom is -0.256 e. The molecular formula is C12H9Cl2N. The first-order valence-corrected chi connectivity index (χ1v) is 5.31. The molecular weight excluding hydrogens is 229 g/mol. The third-order valence-corrected chi connectivity index (χ3v) is 2.74. The Morgan fingerprint density at radius 3 is 2.60 bits per heavy atom. The number of nitrogens with zero attached hydrogens (tertiary/aromatic N) is 1. The Hall–Kier alpha value is -1.05. The molecule has 0 amide bonds. The minimum absolute atomic E-state index is 0.629. The first-order chi connectivity index (χ1) is 7.18. The number of aromatic nitrogens is 1. The molecule has 0 bridgehead atoms. The van der Waals surface area contributed by atoms with Crippen LogP contribution in [-0.2, 0) is 0 Å². The highest BCUT2D eigenvalue weighted by molar-refractivity contribution is 6.36. The second-order valence-electron chi connectivity index (χ2n) is 3.29. The molecule has 15 heavy (non-hydrogen) atoms. The van der Waals surface area contributed by atoms with E-state index in [0.717, 1.165) is 16.8 Å². The second-order valence-corrected chi connectivity index (χ2v) is 4.14. The Bertz CT molecular complexity index is 495. The maximum atomic E-state index is 6.11. The summed E-state index contributed by atoms with van der Waals surface area (Å²) in [5.41, 5.74) is 2.92. The van der Waals surface area contributed by atoms with Crippen LogP contribution in [0.15, 0.2) is 36.5 Å². The maximum absolute atomic E-state index is 6.11. The molecule has 0 spiro atoms. The van der Waals surface area contributed by atoms with Gasteiger partial charge in [0.1, 0.15) is 0 Å². The number of aryl methyl sites for hydroxylation is 1. The molecule has 3 heteroatoms. The average Bonchev–Trinajstić information content (AvgIpc) is 2.20. The van der Waals surface area contributed by atoms with Gasteiger partial charge in [-0.3, -0.25) is 4.98 Å². The van der Waals surface area contributed by atoms with Crippen molar-refractivity contribution >= 4 is 23.2 Å². The highest BCUT2D eigenvalue weighted by Gasteiger charge is 2.07. The van der Waals surface area contributed by atoms with Crippen molar-refractivity contribution in [3.63, 3.8) is 0 Å². The van der Waals surface area contributed by atoms with Gasteiger partial charge in [-0.1, -0.05) is 29.3 Å². The van der Waals surface area contributed by atoms with E-state index in [1.54, 1.807) is 12.3 Å². The van der Waals surface area contributed by atoms with Crippen LogP contribution < -0.4 is 0 Å². The highest BCUT2D eigenvalue weighted by atomic mass is 35.5. The topological polar surface area (TPSA) is 12.9 Å². The number of pyridine rings is 1. The predicted octanol–water partition coefficient (Wildman–Crippen LogP) is 4.36. The number of halogens is 2. The fraction of sp³-hybridized carbons (Fsp3) is 0.0833. The van der Waals surface area contributed by atoms with E-state index in [-0.39, 0.29) is 0 Å². The zero-order valence-electron chi connectivity index (χ0n) is 8.17. The summed E-state index contributed by atoms with van der Waals surface area (Å²) in [5.74, 6) is 0. The Morgan fingerprint density at radius 1 is 1.13 bits per heavy atom. The Balaban J connectivity index is 2.60. The van der Waals surface area contributed by atoms with Gasteiger partial charge < -0.3 is 0 Å². The number of hydrogen-bond donors (Lipinski definition) is 0. The first kappa shape index (κ1) is 10.5. The van der Waals surface area contributed by atoms with Crippen LogP contribution in [0.3, 0.4) is 0 Å². The van der Waals surface area contributed by atoms with Crippen LogP contribution in [-0.4, -0.2) is 4.98 Å². The molecule has 2 aromatic rings. The molecule has 0 saturated heterocycles. The molecule has 0 aliphatic heterocycles. The van der Waals surface area contributed by atoms with Gasteiger partial charge in [-0.15, -0.1) is 0 Å². The Morgan fingerprint density at radius 2 is 1.93 bits per heavy atom. The quantitative estimate of drug-likeness (QED) is 0.719. The van der Waals surface area contributed by atoms with E-state index in [4.69, 9.17) is 23.2 Å². The number of rotatable bonds is 1. The highest BCUT2D eigenvalue weighted by Crippen LogP contribution is 2.30. The third kappa shape index (κ3) is 2.14. The van der Waals surface area contributed by atoms with Gasteiger partial charge in [0.15, 0.2) is 0 Å². The zero-order valence-corrected chi connectivity index (χ0v) is 9.68. The second kappa shape index (κ2) is 4.21. The third-order valence-electron chi connectivity index (χ3n) is 2.20. The summed E-state index contributed by atoms with van der Waals surface area (Å²) in [4.78, 5) is 4.31. The fourth-order valence-electron chi connectivity index (χ4n) is 1.45. The molecule has 1 nitrogen and oxygen atoms in total. The standard InChI is InChI=1S/C12H9Cl2N/c1-8-3-2-6-15-12(8)10-5-4-9(13)7-11(10)14/h2-7H,1H3. The molecule has 0 radical (unpaired) electrons. The normalized spacial score (nSPS) is 10.3. The fourth-order valence-corrected chi connectivity index (χ4v) is 1.95. The van der Waals surface area contributed by atoms with Crippen LogP contribution in [0.25, 0.3) is 11.3 Å². The molecule has 1 heterocycles. The number of benzene rings is 1. The van der Waals surface area contributed by atoms with Gasteiger partial charge in [-0.2, -0.15) is 0 Å². The van der Waals surface area contributed by atoms with Gasteiger partial charge in [-0.25, -0.2) is 0 Å². The van der Waals surface area contributed by atoms with Crippen LogP contribution in [0.5, 0.6) is 0 Å². The molecule has 1 aromatic carbocycles. The molecule has 0 fully saturated rings. The lowest BCUT2D eigenvalue weighted by atomic mass is 10.1. The zero-order chi connectivity index (χ0) is 10.8. The Labute approximate surface area is 98.7 Å². The summed E-state index contributed by atoms with van der Waals surface area (Å²) in [5, 5.41) is 1.27. The lowest BCUT2D eigenvalue weighted by Crippen LogP contribution is -1.87. The largest absolute Gasteiger partial charge is 0.256 e. The summed E-state index contributed by atoms with van der Waals surface area (Å²) in [6.07, 6.45) is 1.76. The van der Waals surface area contributed by atoms with E-state index in [0.29, 0.717) is 10.0 Å². The van der Waals surface area contributed by atoms with E-state index in [1.165, 1.54) is 0 Å². The van der Waals surface area contributed by atoms with Crippen molar-refractivity contribution in [1.29, 1.82) is 0 Å². The van der Waals surface area contributed by atoms with Crippen molar-refractivity contribution in [2.75, 3.05) is 0 Å². The van der Waals surface area contributed by atoms with Gasteiger partial charge in [0.2, 0.25) is 0 Å². The molecule has 0 unspecified atom stereocenters. The molecule has 0 saturated carbocycles. The van der Waals surface area contributed by atoms with Crippen molar-refractivity contribution in [2.24, 2.45) is 0 Å². The van der Waals surface area contributed by atoms with E-state index in [1.807, 2.05) is 31.2 Å². The SMILES string of the molecule is Cc1cccnc1-c1ccc(Cl)cc1Cl. The van der Waals surface area contributed by atoms with E-state index in [2.05, 4.69) is 4.98 Å². The summed E-state index contributed by atoms with van der Waals surface area (Å²) in [6.45, 7) is 2.01. The molecule has 2 rings (SSSR count). The smallest absolute Gasteiger partial charge is 0.0746 e. The van der Waals surface area contributed by atoms with Gasteiger partial charge in [0, 0.05) is 16.8 Å². The lowest BCUT2D eigenvalue weighted by molar-refractivity contribution is 1.27. The van der Waals surface area contributed by atoms with Crippen LogP contribution >= 0.6 is 23.2 Å². The van der Waals surface area contributed by atoms with E-state index in [9.17, 15) is 0 Å². The molecule has 0 atom stereocenters. The van der Waals surface area contributed by atoms with Crippen molar-refractivity contribution in [2.45, 2.75) is 6.92 Å². The van der Waals surface area contributed by atoms with Crippen molar-refractivity contribution in [3.8, 4) is 11.3 Å². The summed E-state index contributed by atoms with van der Waals surface area (Å²) < 4.78 is 0. The van der Waals surface area contributed by atoms with E-state index < -0.39 is 0 Å². The molecule has 0 aliphatic carbocycles. The Kier molecular flexibility index (Phi) is 2.94. The van der Waals surface area contributed by atoms with Crippen molar-refractivity contribution in [1.82, 2.24) is 4.98 Å². The predicted molar refractivity (Wildman–Crippen MR) is 64.4 cm³/mol. The van der Waals surface area contributed by atoms with Crippen molar-refractivity contribution in [3.05, 3.63) is 52.1 Å². The minimum atomic E-state index is 0.629. The molecule has 76 valence electrons. The van der Waals surface area contributed by atoms with Crippen LogP contribution in [0.2, 0.25) is 10.0 Å². The number of hydrogen-bond acceptors (Lipinski definition) is 1. The van der Waals surface area contributed by atoms with Gasteiger partial charge in [0.05, 0.1) is 10.7 Å². The summed E-state index contributed by atoms with van der Waals surface area (Å²) in [7, 11) is 0. The van der Waals surface area contributed by atoms with Gasteiger partial charge >= 0.3 is 0 Å². The molecule has 1 aromatic heterocycles. The molecule has 0 N–H and O–H groups in total. The van der Waals surface area contributed by atoms with Crippen LogP contribution in [0, 0.1) is 6.92 Å². The average molecular weight is 238 g/mol. The summed E-state index contributed by atoms with van der Waals surface area (Å²) in [6, 6.07) is 9.35. The summed E-state index contributed by atoms with van der Waals surface area (Å²) >= 11 is 12.0. The monoisotopic (exact) mass is 237 g/mol. The lowest BCUT2D eigenvalue weighted by Gasteiger charge is -2.06. The van der Waals surface area contributed by atoms with E-state index >= 15 is 0 Å². The van der Waals surface area contributed by atoms with Gasteiger partial charge in [-0.05, 0) is 36.8 Å². The molecule has 0 aliphatic rings. The van der Waals surface area contributed by atoms with Crippen LogP contribution in [0.4, 0.5) is 0 Å². The van der Waals surface area contributed by atoms with Crippen molar-refractivity contribution < 1.29 is 0 Å². The first-order valence-electron chi connectivity index (χ1n) is 4.55.